The summed E-state index contributed by atoms with van der Waals surface area (Å²) in [7, 11) is 1.66. The summed E-state index contributed by atoms with van der Waals surface area (Å²) in [4.78, 5) is 54.2. The number of para-hydroxylation sites is 2. The molecule has 1 aliphatic heterocycles. The number of ether oxygens (including phenoxy) is 2. The number of carbonyl (C=O) groups excluding carboxylic acids is 4. The van der Waals surface area contributed by atoms with E-state index in [-0.39, 0.29) is 68.4 Å². The largest absolute Gasteiger partial charge is 0.491 e. The van der Waals surface area contributed by atoms with Gasteiger partial charge in [-0.3, -0.25) is 19.2 Å². The minimum absolute atomic E-state index is 0.0436. The van der Waals surface area contributed by atoms with Crippen molar-refractivity contribution in [3.63, 3.8) is 0 Å². The third kappa shape index (κ3) is 9.49. The Hall–Kier alpha value is -4.08. The van der Waals surface area contributed by atoms with Gasteiger partial charge in [-0.25, -0.2) is 0 Å². The van der Waals surface area contributed by atoms with Crippen molar-refractivity contribution in [3.8, 4) is 11.5 Å². The van der Waals surface area contributed by atoms with Crippen molar-refractivity contribution >= 4 is 23.6 Å². The second kappa shape index (κ2) is 15.8. The summed E-state index contributed by atoms with van der Waals surface area (Å²) in [5.74, 6) is 0.0444. The fraction of sp³-hybridized carbons (Fsp3) is 0.500. The van der Waals surface area contributed by atoms with E-state index in [1.165, 1.54) is 4.90 Å². The van der Waals surface area contributed by atoms with Crippen molar-refractivity contribution in [1.29, 1.82) is 0 Å². The Morgan fingerprint density at radius 2 is 1.76 bits per heavy atom. The minimum atomic E-state index is -0.994. The van der Waals surface area contributed by atoms with Crippen LogP contribution < -0.4 is 25.4 Å². The molecule has 2 atom stereocenters. The standard InChI is InChI=1S/C32H44N4O6/c1-21(2)20-26-32(40)36(5)17-19-42-28-13-9-7-11-24(28)30(38)35-25(14-15-29(37)34-26)31(39)33-16-18-41-27-12-8-6-10-23(27)22(3)4/h6-13,21-22,25-26H,14-20H2,1-5H3,(H,33,39)(H,34,37)(H,35,38)/t25-,26+/m0/s1. The third-order valence-corrected chi connectivity index (χ3v) is 7.01. The molecular formula is C32H44N4O6. The highest BCUT2D eigenvalue weighted by Crippen LogP contribution is 2.25. The molecule has 4 amide bonds. The first-order valence-electron chi connectivity index (χ1n) is 14.6. The van der Waals surface area contributed by atoms with Gasteiger partial charge in [0.25, 0.3) is 5.91 Å². The summed E-state index contributed by atoms with van der Waals surface area (Å²) in [5, 5.41) is 8.43. The van der Waals surface area contributed by atoms with Crippen LogP contribution in [0.5, 0.6) is 11.5 Å². The van der Waals surface area contributed by atoms with Crippen LogP contribution in [0.3, 0.4) is 0 Å². The Labute approximate surface area is 248 Å². The first-order chi connectivity index (χ1) is 20.1. The van der Waals surface area contributed by atoms with E-state index >= 15 is 0 Å². The van der Waals surface area contributed by atoms with Gasteiger partial charge in [-0.1, -0.05) is 58.0 Å². The van der Waals surface area contributed by atoms with Crippen LogP contribution in [-0.4, -0.2) is 74.0 Å². The van der Waals surface area contributed by atoms with Crippen LogP contribution in [0.2, 0.25) is 0 Å². The van der Waals surface area contributed by atoms with E-state index in [0.29, 0.717) is 12.2 Å². The van der Waals surface area contributed by atoms with E-state index in [9.17, 15) is 19.2 Å². The molecule has 1 heterocycles. The number of rotatable bonds is 8. The average Bonchev–Trinajstić information content (AvgIpc) is 2.96. The number of fused-ring (bicyclic) bond motifs is 1. The predicted molar refractivity (Wildman–Crippen MR) is 160 cm³/mol. The molecule has 0 saturated heterocycles. The third-order valence-electron chi connectivity index (χ3n) is 7.01. The van der Waals surface area contributed by atoms with Gasteiger partial charge in [0.05, 0.1) is 18.7 Å². The zero-order valence-electron chi connectivity index (χ0n) is 25.3. The maximum Gasteiger partial charge on any atom is 0.255 e. The van der Waals surface area contributed by atoms with Gasteiger partial charge in [0.15, 0.2) is 0 Å². The fourth-order valence-electron chi connectivity index (χ4n) is 4.74. The van der Waals surface area contributed by atoms with Gasteiger partial charge in [0.2, 0.25) is 17.7 Å². The van der Waals surface area contributed by atoms with Crippen molar-refractivity contribution in [1.82, 2.24) is 20.9 Å². The lowest BCUT2D eigenvalue weighted by Crippen LogP contribution is -2.50. The lowest BCUT2D eigenvalue weighted by atomic mass is 10.0. The molecule has 0 unspecified atom stereocenters. The molecule has 42 heavy (non-hydrogen) atoms. The Bertz CT molecular complexity index is 1230. The summed E-state index contributed by atoms with van der Waals surface area (Å²) in [5.41, 5.74) is 1.33. The van der Waals surface area contributed by atoms with E-state index in [0.717, 1.165) is 11.3 Å². The van der Waals surface area contributed by atoms with E-state index < -0.39 is 23.9 Å². The van der Waals surface area contributed by atoms with Crippen molar-refractivity contribution in [2.45, 2.75) is 65.0 Å². The number of hydrogen-bond donors (Lipinski definition) is 3. The van der Waals surface area contributed by atoms with Crippen LogP contribution in [0.4, 0.5) is 0 Å². The summed E-state index contributed by atoms with van der Waals surface area (Å²) in [6.45, 7) is 9.00. The Morgan fingerprint density at radius 3 is 2.50 bits per heavy atom. The predicted octanol–water partition coefficient (Wildman–Crippen LogP) is 3.27. The molecule has 2 aromatic carbocycles. The van der Waals surface area contributed by atoms with E-state index in [1.54, 1.807) is 31.3 Å². The molecule has 1 aliphatic rings. The van der Waals surface area contributed by atoms with Crippen molar-refractivity contribution < 1.29 is 28.7 Å². The molecule has 0 radical (unpaired) electrons. The number of carbonyl (C=O) groups is 4. The smallest absolute Gasteiger partial charge is 0.255 e. The van der Waals surface area contributed by atoms with Crippen LogP contribution >= 0.6 is 0 Å². The lowest BCUT2D eigenvalue weighted by molar-refractivity contribution is -0.136. The number of hydrogen-bond acceptors (Lipinski definition) is 6. The monoisotopic (exact) mass is 580 g/mol. The maximum atomic E-state index is 13.3. The molecule has 3 N–H and O–H groups in total. The molecule has 10 nitrogen and oxygen atoms in total. The summed E-state index contributed by atoms with van der Waals surface area (Å²) in [6, 6.07) is 12.8. The van der Waals surface area contributed by atoms with E-state index in [4.69, 9.17) is 9.47 Å². The van der Waals surface area contributed by atoms with Crippen LogP contribution in [0.25, 0.3) is 0 Å². The van der Waals surface area contributed by atoms with Gasteiger partial charge < -0.3 is 30.3 Å². The van der Waals surface area contributed by atoms with Crippen molar-refractivity contribution in [2.24, 2.45) is 5.92 Å². The molecule has 10 heteroatoms. The molecule has 0 fully saturated rings. The Morgan fingerprint density at radius 1 is 1.05 bits per heavy atom. The zero-order chi connectivity index (χ0) is 30.6. The summed E-state index contributed by atoms with van der Waals surface area (Å²) < 4.78 is 11.8. The van der Waals surface area contributed by atoms with Gasteiger partial charge >= 0.3 is 0 Å². The lowest BCUT2D eigenvalue weighted by Gasteiger charge is -2.26. The number of benzene rings is 2. The number of likely N-dealkylation sites (N-methyl/N-ethyl adjacent to an activating group) is 1. The topological polar surface area (TPSA) is 126 Å². The molecular weight excluding hydrogens is 536 g/mol. The van der Waals surface area contributed by atoms with Gasteiger partial charge in [0, 0.05) is 13.5 Å². The molecule has 0 bridgehead atoms. The Kier molecular flexibility index (Phi) is 12.2. The SMILES string of the molecule is CC(C)C[C@H]1NC(=O)CC[C@@H](C(=O)NCCOc2ccccc2C(C)C)NC(=O)c2ccccc2OCCN(C)C1=O. The van der Waals surface area contributed by atoms with Crippen LogP contribution in [-0.2, 0) is 14.4 Å². The minimum Gasteiger partial charge on any atom is -0.491 e. The molecule has 0 aromatic heterocycles. The molecule has 0 saturated carbocycles. The average molecular weight is 581 g/mol. The molecule has 3 rings (SSSR count). The highest BCUT2D eigenvalue weighted by molar-refractivity contribution is 5.99. The van der Waals surface area contributed by atoms with Crippen molar-refractivity contribution in [3.05, 3.63) is 59.7 Å². The van der Waals surface area contributed by atoms with E-state index in [1.807, 2.05) is 38.1 Å². The second-order valence-electron chi connectivity index (χ2n) is 11.3. The van der Waals surface area contributed by atoms with Crippen LogP contribution in [0.1, 0.15) is 68.8 Å². The van der Waals surface area contributed by atoms with Crippen molar-refractivity contribution in [2.75, 3.05) is 33.4 Å². The van der Waals surface area contributed by atoms with Gasteiger partial charge in [-0.15, -0.1) is 0 Å². The second-order valence-corrected chi connectivity index (χ2v) is 11.3. The first-order valence-corrected chi connectivity index (χ1v) is 14.6. The quantitative estimate of drug-likeness (QED) is 0.412. The normalized spacial score (nSPS) is 18.7. The summed E-state index contributed by atoms with van der Waals surface area (Å²) >= 11 is 0. The first kappa shape index (κ1) is 32.4. The maximum absolute atomic E-state index is 13.3. The zero-order valence-corrected chi connectivity index (χ0v) is 25.3. The molecule has 228 valence electrons. The highest BCUT2D eigenvalue weighted by atomic mass is 16.5. The number of amides is 4. The van der Waals surface area contributed by atoms with Gasteiger partial charge in [0.1, 0.15) is 36.8 Å². The Balaban J connectivity index is 1.75. The molecule has 0 spiro atoms. The number of nitrogens with zero attached hydrogens (tertiary/aromatic N) is 1. The van der Waals surface area contributed by atoms with Crippen LogP contribution in [0, 0.1) is 5.92 Å². The van der Waals surface area contributed by atoms with Gasteiger partial charge in [-0.2, -0.15) is 0 Å². The highest BCUT2D eigenvalue weighted by Gasteiger charge is 2.28. The van der Waals surface area contributed by atoms with E-state index in [2.05, 4.69) is 29.8 Å². The summed E-state index contributed by atoms with van der Waals surface area (Å²) in [6.07, 6.45) is 0.460. The fourth-order valence-corrected chi connectivity index (χ4v) is 4.74. The van der Waals surface area contributed by atoms with Crippen LogP contribution in [0.15, 0.2) is 48.5 Å². The van der Waals surface area contributed by atoms with Gasteiger partial charge in [-0.05, 0) is 48.4 Å². The molecule has 2 aromatic rings. The number of nitrogens with one attached hydrogen (secondary N) is 3. The molecule has 0 aliphatic carbocycles.